The molecule has 1 saturated heterocycles. The Morgan fingerprint density at radius 2 is 1.25 bits per heavy atom. The second-order valence-electron chi connectivity index (χ2n) is 6.63. The van der Waals surface area contributed by atoms with Gasteiger partial charge < -0.3 is 19.3 Å². The number of nitrogens with zero attached hydrogens (tertiary/aromatic N) is 2. The Morgan fingerprint density at radius 3 is 1.86 bits per heavy atom. The summed E-state index contributed by atoms with van der Waals surface area (Å²) in [4.78, 5) is 28.4. The van der Waals surface area contributed by atoms with Crippen molar-refractivity contribution in [3.8, 4) is 11.5 Å². The van der Waals surface area contributed by atoms with Gasteiger partial charge in [-0.2, -0.15) is 0 Å². The average molecular weight is 382 g/mol. The van der Waals surface area contributed by atoms with Crippen LogP contribution in [0.5, 0.6) is 11.5 Å². The van der Waals surface area contributed by atoms with Gasteiger partial charge in [-0.05, 0) is 30.7 Å². The lowest BCUT2D eigenvalue weighted by Crippen LogP contribution is -2.39. The maximum atomic E-state index is 12.4. The van der Waals surface area contributed by atoms with Gasteiger partial charge in [-0.15, -0.1) is 0 Å². The number of hydrogen-bond donors (Lipinski definition) is 0. The molecule has 0 spiro atoms. The Bertz CT molecular complexity index is 752. The monoisotopic (exact) mass is 382 g/mol. The first kappa shape index (κ1) is 19.7. The first-order chi connectivity index (χ1) is 13.7. The molecule has 1 fully saturated rings. The fourth-order valence-corrected chi connectivity index (χ4v) is 3.10. The van der Waals surface area contributed by atoms with Crippen molar-refractivity contribution in [3.05, 3.63) is 60.7 Å². The van der Waals surface area contributed by atoms with Gasteiger partial charge in [-0.3, -0.25) is 9.59 Å². The van der Waals surface area contributed by atoms with Gasteiger partial charge in [0.05, 0.1) is 13.0 Å². The maximum Gasteiger partial charge on any atom is 0.260 e. The molecule has 148 valence electrons. The van der Waals surface area contributed by atoms with Crippen LogP contribution in [-0.4, -0.2) is 61.0 Å². The lowest BCUT2D eigenvalue weighted by Gasteiger charge is -2.22. The summed E-state index contributed by atoms with van der Waals surface area (Å²) in [5, 5.41) is 0. The summed E-state index contributed by atoms with van der Waals surface area (Å²) in [6.45, 7) is 2.74. The van der Waals surface area contributed by atoms with Gasteiger partial charge in [-0.25, -0.2) is 0 Å². The van der Waals surface area contributed by atoms with Crippen molar-refractivity contribution in [2.75, 3.05) is 39.4 Å². The zero-order valence-corrected chi connectivity index (χ0v) is 16.0. The summed E-state index contributed by atoms with van der Waals surface area (Å²) < 4.78 is 11.1. The lowest BCUT2D eigenvalue weighted by molar-refractivity contribution is -0.135. The molecular weight excluding hydrogens is 356 g/mol. The van der Waals surface area contributed by atoms with Crippen LogP contribution in [0.2, 0.25) is 0 Å². The molecule has 1 aliphatic rings. The van der Waals surface area contributed by atoms with E-state index in [1.165, 1.54) is 0 Å². The van der Waals surface area contributed by atoms with E-state index in [0.717, 1.165) is 12.2 Å². The topological polar surface area (TPSA) is 59.1 Å². The fourth-order valence-electron chi connectivity index (χ4n) is 3.10. The van der Waals surface area contributed by atoms with E-state index < -0.39 is 0 Å². The Morgan fingerprint density at radius 1 is 0.714 bits per heavy atom. The predicted octanol–water partition coefficient (Wildman–Crippen LogP) is 2.60. The number of benzene rings is 2. The summed E-state index contributed by atoms with van der Waals surface area (Å²) in [6, 6.07) is 18.8. The average Bonchev–Trinajstić information content (AvgIpc) is 3.00. The van der Waals surface area contributed by atoms with Gasteiger partial charge >= 0.3 is 0 Å². The molecule has 1 heterocycles. The van der Waals surface area contributed by atoms with Crippen LogP contribution >= 0.6 is 0 Å². The summed E-state index contributed by atoms with van der Waals surface area (Å²) in [5.41, 5.74) is 0. The van der Waals surface area contributed by atoms with Gasteiger partial charge in [0.1, 0.15) is 11.5 Å². The molecule has 0 saturated carbocycles. The SMILES string of the molecule is O=C(CCOc1ccccc1)N1CCCN(C(=O)COc2ccccc2)CC1. The van der Waals surface area contributed by atoms with Crippen molar-refractivity contribution in [1.82, 2.24) is 9.80 Å². The van der Waals surface area contributed by atoms with Crippen LogP contribution in [0.3, 0.4) is 0 Å². The van der Waals surface area contributed by atoms with Crippen molar-refractivity contribution in [2.45, 2.75) is 12.8 Å². The third kappa shape index (κ3) is 6.01. The molecule has 1 aliphatic heterocycles. The minimum absolute atomic E-state index is 0.0167. The van der Waals surface area contributed by atoms with Crippen molar-refractivity contribution in [1.29, 1.82) is 0 Å². The maximum absolute atomic E-state index is 12.4. The van der Waals surface area contributed by atoms with Gasteiger partial charge in [0.15, 0.2) is 6.61 Å². The van der Waals surface area contributed by atoms with Crippen molar-refractivity contribution >= 4 is 11.8 Å². The standard InChI is InChI=1S/C22H26N2O4/c25-21(12-17-27-19-8-3-1-4-9-19)23-13-7-14-24(16-15-23)22(26)18-28-20-10-5-2-6-11-20/h1-6,8-11H,7,12-18H2. The molecule has 2 aromatic rings. The first-order valence-corrected chi connectivity index (χ1v) is 9.63. The Kier molecular flexibility index (Phi) is 7.29. The number of carbonyl (C=O) groups excluding carboxylic acids is 2. The second kappa shape index (κ2) is 10.3. The van der Waals surface area contributed by atoms with Crippen LogP contribution in [0, 0.1) is 0 Å². The van der Waals surface area contributed by atoms with Crippen molar-refractivity contribution in [2.24, 2.45) is 0 Å². The molecule has 6 heteroatoms. The smallest absolute Gasteiger partial charge is 0.260 e. The van der Waals surface area contributed by atoms with Crippen LogP contribution < -0.4 is 9.47 Å². The molecule has 2 amide bonds. The van der Waals surface area contributed by atoms with Crippen LogP contribution in [0.4, 0.5) is 0 Å². The van der Waals surface area contributed by atoms with Gasteiger partial charge in [0, 0.05) is 26.2 Å². The molecule has 0 N–H and O–H groups in total. The highest BCUT2D eigenvalue weighted by Crippen LogP contribution is 2.11. The van der Waals surface area contributed by atoms with Gasteiger partial charge in [0.25, 0.3) is 5.91 Å². The number of rotatable bonds is 7. The van der Waals surface area contributed by atoms with Crippen LogP contribution in [0.1, 0.15) is 12.8 Å². The van der Waals surface area contributed by atoms with E-state index in [9.17, 15) is 9.59 Å². The fraction of sp³-hybridized carbons (Fsp3) is 0.364. The minimum Gasteiger partial charge on any atom is -0.493 e. The third-order valence-corrected chi connectivity index (χ3v) is 4.63. The highest BCUT2D eigenvalue weighted by Gasteiger charge is 2.22. The van der Waals surface area contributed by atoms with E-state index in [2.05, 4.69) is 0 Å². The highest BCUT2D eigenvalue weighted by molar-refractivity contribution is 5.78. The van der Waals surface area contributed by atoms with E-state index >= 15 is 0 Å². The number of ether oxygens (including phenoxy) is 2. The van der Waals surface area contributed by atoms with Crippen LogP contribution in [0.25, 0.3) is 0 Å². The number of amides is 2. The number of hydrogen-bond acceptors (Lipinski definition) is 4. The van der Waals surface area contributed by atoms with E-state index in [1.807, 2.05) is 65.6 Å². The van der Waals surface area contributed by atoms with Gasteiger partial charge in [-0.1, -0.05) is 36.4 Å². The Labute approximate surface area is 165 Å². The molecule has 2 aromatic carbocycles. The van der Waals surface area contributed by atoms with Crippen molar-refractivity contribution < 1.29 is 19.1 Å². The minimum atomic E-state index is -0.0504. The number of carbonyl (C=O) groups is 2. The molecule has 0 atom stereocenters. The summed E-state index contributed by atoms with van der Waals surface area (Å²) in [5.74, 6) is 1.46. The van der Waals surface area contributed by atoms with Gasteiger partial charge in [0.2, 0.25) is 5.91 Å². The van der Waals surface area contributed by atoms with E-state index in [-0.39, 0.29) is 18.4 Å². The lowest BCUT2D eigenvalue weighted by atomic mass is 10.3. The van der Waals surface area contributed by atoms with Crippen molar-refractivity contribution in [3.63, 3.8) is 0 Å². The molecule has 0 bridgehead atoms. The zero-order valence-electron chi connectivity index (χ0n) is 16.0. The molecule has 28 heavy (non-hydrogen) atoms. The molecule has 0 aliphatic carbocycles. The summed E-state index contributed by atoms with van der Waals surface area (Å²) in [6.07, 6.45) is 1.10. The molecular formula is C22H26N2O4. The first-order valence-electron chi connectivity index (χ1n) is 9.63. The predicted molar refractivity (Wildman–Crippen MR) is 106 cm³/mol. The molecule has 6 nitrogen and oxygen atoms in total. The largest absolute Gasteiger partial charge is 0.493 e. The quantitative estimate of drug-likeness (QED) is 0.739. The molecule has 0 unspecified atom stereocenters. The van der Waals surface area contributed by atoms with E-state index in [4.69, 9.17) is 9.47 Å². The third-order valence-electron chi connectivity index (χ3n) is 4.63. The Balaban J connectivity index is 1.39. The van der Waals surface area contributed by atoms with Crippen LogP contribution in [0.15, 0.2) is 60.7 Å². The summed E-state index contributed by atoms with van der Waals surface area (Å²) in [7, 11) is 0. The highest BCUT2D eigenvalue weighted by atomic mass is 16.5. The number of para-hydroxylation sites is 2. The van der Waals surface area contributed by atoms with E-state index in [1.54, 1.807) is 4.90 Å². The summed E-state index contributed by atoms with van der Waals surface area (Å²) >= 11 is 0. The molecule has 0 aromatic heterocycles. The van der Waals surface area contributed by atoms with Crippen LogP contribution in [-0.2, 0) is 9.59 Å². The second-order valence-corrected chi connectivity index (χ2v) is 6.63. The zero-order chi connectivity index (χ0) is 19.6. The molecule has 0 radical (unpaired) electrons. The molecule has 3 rings (SSSR count). The van der Waals surface area contributed by atoms with E-state index in [0.29, 0.717) is 45.0 Å². The Hall–Kier alpha value is -3.02. The normalized spacial score (nSPS) is 14.3.